The van der Waals surface area contributed by atoms with E-state index in [2.05, 4.69) is 20.1 Å². The minimum atomic E-state index is -4.32. The van der Waals surface area contributed by atoms with E-state index in [1.54, 1.807) is 14.1 Å². The van der Waals surface area contributed by atoms with Crippen molar-refractivity contribution in [2.45, 2.75) is 25.1 Å². The molecule has 6 nitrogen and oxygen atoms in total. The normalized spacial score (nSPS) is 17.6. The zero-order valence-electron chi connectivity index (χ0n) is 16.6. The zero-order valence-corrected chi connectivity index (χ0v) is 18.9. The number of likely N-dealkylation sites (N-methyl/N-ethyl adjacent to an activating group) is 1. The Bertz CT molecular complexity index is 712. The largest absolute Gasteiger partial charge is 0.416 e. The first-order chi connectivity index (χ1) is 13.2. The molecular formula is C19H27F3IN5O. The van der Waals surface area contributed by atoms with Crippen LogP contribution in [0.1, 0.15) is 18.4 Å². The van der Waals surface area contributed by atoms with Crippen molar-refractivity contribution in [2.24, 2.45) is 4.99 Å². The molecule has 0 unspecified atom stereocenters. The zero-order chi connectivity index (χ0) is 20.3. The van der Waals surface area contributed by atoms with Gasteiger partial charge in [0, 0.05) is 52.0 Å². The third kappa shape index (κ3) is 6.65. The van der Waals surface area contributed by atoms with Gasteiger partial charge in [-0.05, 0) is 37.1 Å². The number of carbonyl (C=O) groups is 1. The maximum absolute atomic E-state index is 12.7. The smallest absolute Gasteiger partial charge is 0.368 e. The number of piperazine rings is 1. The van der Waals surface area contributed by atoms with Crippen LogP contribution in [0.15, 0.2) is 29.3 Å². The number of halogens is 4. The van der Waals surface area contributed by atoms with Crippen molar-refractivity contribution in [1.82, 2.24) is 15.1 Å². The van der Waals surface area contributed by atoms with Crippen molar-refractivity contribution in [2.75, 3.05) is 51.7 Å². The predicted octanol–water partition coefficient (Wildman–Crippen LogP) is 2.64. The summed E-state index contributed by atoms with van der Waals surface area (Å²) in [4.78, 5) is 22.0. The number of hydrogen-bond acceptors (Lipinski definition) is 3. The minimum absolute atomic E-state index is 0. The molecule has 2 aliphatic rings. The van der Waals surface area contributed by atoms with E-state index >= 15 is 0 Å². The van der Waals surface area contributed by atoms with Crippen molar-refractivity contribution in [3.8, 4) is 0 Å². The highest BCUT2D eigenvalue weighted by Crippen LogP contribution is 2.30. The van der Waals surface area contributed by atoms with Gasteiger partial charge < -0.3 is 20.0 Å². The van der Waals surface area contributed by atoms with Crippen LogP contribution < -0.4 is 10.2 Å². The van der Waals surface area contributed by atoms with Gasteiger partial charge in [0.15, 0.2) is 5.96 Å². The van der Waals surface area contributed by atoms with Gasteiger partial charge in [0.2, 0.25) is 5.91 Å². The highest BCUT2D eigenvalue weighted by molar-refractivity contribution is 14.0. The van der Waals surface area contributed by atoms with Crippen LogP contribution in [-0.4, -0.2) is 74.5 Å². The topological polar surface area (TPSA) is 51.2 Å². The molecule has 1 aliphatic carbocycles. The van der Waals surface area contributed by atoms with Gasteiger partial charge in [0.1, 0.15) is 6.54 Å². The molecule has 1 aromatic carbocycles. The van der Waals surface area contributed by atoms with Crippen LogP contribution in [0.2, 0.25) is 0 Å². The SMILES string of the molecule is CN(C)C(=O)CN=C(NC1CC1)N1CCN(c2ccc(C(F)(F)F)cc2)CC1.I. The molecule has 0 radical (unpaired) electrons. The van der Waals surface area contributed by atoms with Crippen LogP contribution in [0.25, 0.3) is 0 Å². The number of anilines is 1. The summed E-state index contributed by atoms with van der Waals surface area (Å²) in [5.41, 5.74) is 0.146. The van der Waals surface area contributed by atoms with E-state index in [0.717, 1.165) is 36.6 Å². The average Bonchev–Trinajstić information content (AvgIpc) is 3.48. The summed E-state index contributed by atoms with van der Waals surface area (Å²) in [5.74, 6) is 0.684. The molecule has 1 aromatic rings. The van der Waals surface area contributed by atoms with E-state index in [9.17, 15) is 18.0 Å². The Balaban J connectivity index is 0.00000300. The Hall–Kier alpha value is -1.72. The molecule has 0 bridgehead atoms. The maximum Gasteiger partial charge on any atom is 0.416 e. The Kier molecular flexibility index (Phi) is 8.01. The standard InChI is InChI=1S/C19H26F3N5O.HI/c1-25(2)17(28)13-23-18(24-15-5-6-15)27-11-9-26(10-12-27)16-7-3-14(4-8-16)19(20,21)22;/h3-4,7-8,15H,5-6,9-13H2,1-2H3,(H,23,24);1H. The van der Waals surface area contributed by atoms with Gasteiger partial charge in [0.25, 0.3) is 0 Å². The number of nitrogens with one attached hydrogen (secondary N) is 1. The number of carbonyl (C=O) groups excluding carboxylic acids is 1. The molecule has 162 valence electrons. The molecule has 1 amide bonds. The number of amides is 1. The monoisotopic (exact) mass is 525 g/mol. The molecular weight excluding hydrogens is 498 g/mol. The van der Waals surface area contributed by atoms with E-state index in [-0.39, 0.29) is 36.4 Å². The van der Waals surface area contributed by atoms with Crippen LogP contribution in [0.4, 0.5) is 18.9 Å². The molecule has 2 fully saturated rings. The lowest BCUT2D eigenvalue weighted by molar-refractivity contribution is -0.137. The van der Waals surface area contributed by atoms with Crippen molar-refractivity contribution >= 4 is 41.5 Å². The lowest BCUT2D eigenvalue weighted by Crippen LogP contribution is -2.53. The molecule has 1 aliphatic heterocycles. The molecule has 1 N–H and O–H groups in total. The number of alkyl halides is 3. The number of hydrogen-bond donors (Lipinski definition) is 1. The maximum atomic E-state index is 12.7. The fraction of sp³-hybridized carbons (Fsp3) is 0.579. The summed E-state index contributed by atoms with van der Waals surface area (Å²) in [7, 11) is 3.41. The summed E-state index contributed by atoms with van der Waals surface area (Å²) < 4.78 is 38.2. The Morgan fingerprint density at radius 1 is 1.14 bits per heavy atom. The van der Waals surface area contributed by atoms with E-state index in [4.69, 9.17) is 0 Å². The van der Waals surface area contributed by atoms with Crippen molar-refractivity contribution in [3.05, 3.63) is 29.8 Å². The van der Waals surface area contributed by atoms with Gasteiger partial charge in [-0.15, -0.1) is 24.0 Å². The second kappa shape index (κ2) is 9.86. The van der Waals surface area contributed by atoms with Crippen LogP contribution >= 0.6 is 24.0 Å². The lowest BCUT2D eigenvalue weighted by atomic mass is 10.1. The van der Waals surface area contributed by atoms with Gasteiger partial charge in [0.05, 0.1) is 5.56 Å². The quantitative estimate of drug-likeness (QED) is 0.373. The summed E-state index contributed by atoms with van der Waals surface area (Å²) in [5, 5.41) is 3.40. The summed E-state index contributed by atoms with van der Waals surface area (Å²) >= 11 is 0. The minimum Gasteiger partial charge on any atom is -0.368 e. The molecule has 1 saturated heterocycles. The van der Waals surface area contributed by atoms with E-state index in [1.807, 2.05) is 0 Å². The number of aliphatic imine (C=N–C) groups is 1. The molecule has 3 rings (SSSR count). The van der Waals surface area contributed by atoms with Crippen LogP contribution in [0, 0.1) is 0 Å². The van der Waals surface area contributed by atoms with Gasteiger partial charge in [-0.1, -0.05) is 0 Å². The van der Waals surface area contributed by atoms with E-state index in [1.165, 1.54) is 17.0 Å². The fourth-order valence-corrected chi connectivity index (χ4v) is 2.97. The highest BCUT2D eigenvalue weighted by atomic mass is 127. The number of rotatable bonds is 4. The molecule has 0 aromatic heterocycles. The van der Waals surface area contributed by atoms with Crippen molar-refractivity contribution in [3.63, 3.8) is 0 Å². The van der Waals surface area contributed by atoms with Gasteiger partial charge >= 0.3 is 6.18 Å². The van der Waals surface area contributed by atoms with Crippen molar-refractivity contribution < 1.29 is 18.0 Å². The Labute approximate surface area is 186 Å². The molecule has 0 atom stereocenters. The number of benzene rings is 1. The Morgan fingerprint density at radius 2 is 1.72 bits per heavy atom. The molecule has 1 heterocycles. The number of nitrogens with zero attached hydrogens (tertiary/aromatic N) is 4. The first-order valence-corrected chi connectivity index (χ1v) is 9.42. The third-order valence-electron chi connectivity index (χ3n) is 4.91. The summed E-state index contributed by atoms with van der Waals surface area (Å²) in [6.45, 7) is 2.84. The first kappa shape index (κ1) is 23.6. The van der Waals surface area contributed by atoms with E-state index < -0.39 is 11.7 Å². The van der Waals surface area contributed by atoms with Gasteiger partial charge in [-0.3, -0.25) is 4.79 Å². The summed E-state index contributed by atoms with van der Waals surface area (Å²) in [6.07, 6.45) is -2.11. The van der Waals surface area contributed by atoms with Crippen LogP contribution in [0.3, 0.4) is 0 Å². The third-order valence-corrected chi connectivity index (χ3v) is 4.91. The van der Waals surface area contributed by atoms with Gasteiger partial charge in [-0.25, -0.2) is 4.99 Å². The number of guanidine groups is 1. The molecule has 10 heteroatoms. The van der Waals surface area contributed by atoms with Gasteiger partial charge in [-0.2, -0.15) is 13.2 Å². The predicted molar refractivity (Wildman–Crippen MR) is 118 cm³/mol. The first-order valence-electron chi connectivity index (χ1n) is 9.42. The van der Waals surface area contributed by atoms with Crippen LogP contribution in [0.5, 0.6) is 0 Å². The molecule has 0 spiro atoms. The second-order valence-corrected chi connectivity index (χ2v) is 7.37. The second-order valence-electron chi connectivity index (χ2n) is 7.37. The summed E-state index contributed by atoms with van der Waals surface area (Å²) in [6, 6.07) is 5.70. The Morgan fingerprint density at radius 3 is 2.21 bits per heavy atom. The molecule has 29 heavy (non-hydrogen) atoms. The van der Waals surface area contributed by atoms with Crippen LogP contribution in [-0.2, 0) is 11.0 Å². The fourth-order valence-electron chi connectivity index (χ4n) is 2.97. The molecule has 1 saturated carbocycles. The van der Waals surface area contributed by atoms with Crippen molar-refractivity contribution in [1.29, 1.82) is 0 Å². The lowest BCUT2D eigenvalue weighted by Gasteiger charge is -2.38. The average molecular weight is 525 g/mol. The highest BCUT2D eigenvalue weighted by Gasteiger charge is 2.31. The van der Waals surface area contributed by atoms with E-state index in [0.29, 0.717) is 32.2 Å².